The maximum atomic E-state index is 10.9. The van der Waals surface area contributed by atoms with Crippen LogP contribution in [0.4, 0.5) is 0 Å². The van der Waals surface area contributed by atoms with Gasteiger partial charge in [-0.15, -0.1) is 0 Å². The van der Waals surface area contributed by atoms with E-state index in [-0.39, 0.29) is 12.6 Å². The zero-order chi connectivity index (χ0) is 9.90. The molecule has 0 saturated carbocycles. The van der Waals surface area contributed by atoms with E-state index in [2.05, 4.69) is 0 Å². The molecular formula is C9H17NO3. The summed E-state index contributed by atoms with van der Waals surface area (Å²) in [5.41, 5.74) is 4.63. The molecular weight excluding hydrogens is 170 g/mol. The second-order valence-electron chi connectivity index (χ2n) is 3.91. The van der Waals surface area contributed by atoms with E-state index < -0.39 is 11.4 Å². The number of hydrogen-bond donors (Lipinski definition) is 2. The Morgan fingerprint density at radius 2 is 2.46 bits per heavy atom. The lowest BCUT2D eigenvalue weighted by molar-refractivity contribution is -0.149. The first kappa shape index (κ1) is 10.5. The molecule has 1 saturated heterocycles. The van der Waals surface area contributed by atoms with Crippen LogP contribution in [-0.4, -0.2) is 30.3 Å². The molecule has 0 radical (unpaired) electrons. The molecule has 2 unspecified atom stereocenters. The number of hydrogen-bond acceptors (Lipinski definition) is 3. The smallest absolute Gasteiger partial charge is 0.310 e. The molecule has 13 heavy (non-hydrogen) atoms. The third-order valence-electron chi connectivity index (χ3n) is 2.67. The van der Waals surface area contributed by atoms with Crippen molar-refractivity contribution >= 4 is 5.97 Å². The largest absolute Gasteiger partial charge is 0.481 e. The molecule has 1 fully saturated rings. The molecule has 2 atom stereocenters. The Hall–Kier alpha value is -0.610. The van der Waals surface area contributed by atoms with E-state index >= 15 is 0 Å². The maximum absolute atomic E-state index is 10.9. The average Bonchev–Trinajstić information content (AvgIpc) is 2.56. The second-order valence-corrected chi connectivity index (χ2v) is 3.91. The minimum atomic E-state index is -0.828. The molecule has 0 aromatic carbocycles. The van der Waals surface area contributed by atoms with Gasteiger partial charge in [0.1, 0.15) is 0 Å². The van der Waals surface area contributed by atoms with Gasteiger partial charge < -0.3 is 15.6 Å². The number of nitrogens with two attached hydrogens (primary N) is 1. The summed E-state index contributed by atoms with van der Waals surface area (Å²) in [7, 11) is 0. The minimum absolute atomic E-state index is 0.0876. The number of ether oxygens (including phenoxy) is 1. The maximum Gasteiger partial charge on any atom is 0.310 e. The summed E-state index contributed by atoms with van der Waals surface area (Å²) < 4.78 is 5.38. The van der Waals surface area contributed by atoms with Crippen molar-refractivity contribution in [1.82, 2.24) is 0 Å². The van der Waals surface area contributed by atoms with E-state index in [0.717, 1.165) is 19.4 Å². The van der Waals surface area contributed by atoms with Crippen molar-refractivity contribution in [2.45, 2.75) is 32.3 Å². The summed E-state index contributed by atoms with van der Waals surface area (Å²) in [6.45, 7) is 2.60. The SMILES string of the molecule is CC(CN)(CC1CCCO1)C(=O)O. The van der Waals surface area contributed by atoms with Crippen LogP contribution in [0.2, 0.25) is 0 Å². The summed E-state index contributed by atoms with van der Waals surface area (Å²) in [6.07, 6.45) is 2.61. The first-order valence-corrected chi connectivity index (χ1v) is 4.63. The molecule has 3 N–H and O–H groups in total. The Kier molecular flexibility index (Phi) is 3.27. The molecule has 0 aliphatic carbocycles. The van der Waals surface area contributed by atoms with Gasteiger partial charge in [-0.1, -0.05) is 0 Å². The van der Waals surface area contributed by atoms with Crippen LogP contribution in [-0.2, 0) is 9.53 Å². The van der Waals surface area contributed by atoms with E-state index in [4.69, 9.17) is 15.6 Å². The number of carboxylic acids is 1. The van der Waals surface area contributed by atoms with Gasteiger partial charge in [0.05, 0.1) is 11.5 Å². The van der Waals surface area contributed by atoms with E-state index in [1.54, 1.807) is 6.92 Å². The summed E-state index contributed by atoms with van der Waals surface area (Å²) in [6, 6.07) is 0. The van der Waals surface area contributed by atoms with E-state index in [1.807, 2.05) is 0 Å². The van der Waals surface area contributed by atoms with Crippen molar-refractivity contribution in [2.75, 3.05) is 13.2 Å². The molecule has 1 rings (SSSR count). The minimum Gasteiger partial charge on any atom is -0.481 e. The Morgan fingerprint density at radius 1 is 1.77 bits per heavy atom. The predicted octanol–water partition coefficient (Wildman–Crippen LogP) is 0.605. The molecule has 1 aliphatic heterocycles. The van der Waals surface area contributed by atoms with Crippen LogP contribution in [0.3, 0.4) is 0 Å². The molecule has 0 spiro atoms. The van der Waals surface area contributed by atoms with Gasteiger partial charge in [0.2, 0.25) is 0 Å². The monoisotopic (exact) mass is 187 g/mol. The van der Waals surface area contributed by atoms with Gasteiger partial charge in [-0.25, -0.2) is 0 Å². The van der Waals surface area contributed by atoms with Crippen molar-refractivity contribution in [3.05, 3.63) is 0 Å². The normalized spacial score (nSPS) is 27.1. The first-order valence-electron chi connectivity index (χ1n) is 4.63. The topological polar surface area (TPSA) is 72.5 Å². The van der Waals surface area contributed by atoms with Crippen LogP contribution < -0.4 is 5.73 Å². The number of carbonyl (C=O) groups is 1. The quantitative estimate of drug-likeness (QED) is 0.676. The zero-order valence-electron chi connectivity index (χ0n) is 7.95. The Labute approximate surface area is 78.1 Å². The molecule has 1 heterocycles. The molecule has 0 bridgehead atoms. The van der Waals surface area contributed by atoms with E-state index in [0.29, 0.717) is 6.42 Å². The van der Waals surface area contributed by atoms with Crippen LogP contribution in [0.1, 0.15) is 26.2 Å². The van der Waals surface area contributed by atoms with Gasteiger partial charge in [-0.2, -0.15) is 0 Å². The van der Waals surface area contributed by atoms with Crippen molar-refractivity contribution in [2.24, 2.45) is 11.1 Å². The number of aliphatic carboxylic acids is 1. The van der Waals surface area contributed by atoms with E-state index in [1.165, 1.54) is 0 Å². The van der Waals surface area contributed by atoms with Crippen molar-refractivity contribution < 1.29 is 14.6 Å². The predicted molar refractivity (Wildman–Crippen MR) is 48.4 cm³/mol. The van der Waals surface area contributed by atoms with Gasteiger partial charge >= 0.3 is 5.97 Å². The van der Waals surface area contributed by atoms with Gasteiger partial charge in [-0.05, 0) is 26.2 Å². The highest BCUT2D eigenvalue weighted by atomic mass is 16.5. The average molecular weight is 187 g/mol. The van der Waals surface area contributed by atoms with Crippen molar-refractivity contribution in [3.63, 3.8) is 0 Å². The lowest BCUT2D eigenvalue weighted by atomic mass is 9.84. The highest BCUT2D eigenvalue weighted by Crippen LogP contribution is 2.28. The highest BCUT2D eigenvalue weighted by molar-refractivity contribution is 5.74. The molecule has 0 amide bonds. The first-order chi connectivity index (χ1) is 6.08. The van der Waals surface area contributed by atoms with Crippen LogP contribution in [0, 0.1) is 5.41 Å². The summed E-state index contributed by atoms with van der Waals surface area (Å²) in [5, 5.41) is 8.96. The number of rotatable bonds is 4. The Balaban J connectivity index is 2.51. The molecule has 76 valence electrons. The van der Waals surface area contributed by atoms with Gasteiger partial charge in [0, 0.05) is 13.2 Å². The van der Waals surface area contributed by atoms with E-state index in [9.17, 15) is 4.79 Å². The fourth-order valence-electron chi connectivity index (χ4n) is 1.57. The van der Waals surface area contributed by atoms with Gasteiger partial charge in [0.25, 0.3) is 0 Å². The lowest BCUT2D eigenvalue weighted by Crippen LogP contribution is -2.38. The standard InChI is InChI=1S/C9H17NO3/c1-9(6-10,8(11)12)5-7-3-2-4-13-7/h7H,2-6,10H2,1H3,(H,11,12). The van der Waals surface area contributed by atoms with Crippen LogP contribution in [0.25, 0.3) is 0 Å². The molecule has 1 aliphatic rings. The Bertz CT molecular complexity index is 189. The second kappa shape index (κ2) is 4.07. The van der Waals surface area contributed by atoms with Crippen LogP contribution >= 0.6 is 0 Å². The molecule has 0 aromatic rings. The fourth-order valence-corrected chi connectivity index (χ4v) is 1.57. The highest BCUT2D eigenvalue weighted by Gasteiger charge is 2.35. The zero-order valence-corrected chi connectivity index (χ0v) is 7.95. The molecule has 4 heteroatoms. The van der Waals surface area contributed by atoms with Gasteiger partial charge in [0.15, 0.2) is 0 Å². The fraction of sp³-hybridized carbons (Fsp3) is 0.889. The molecule has 4 nitrogen and oxygen atoms in total. The summed E-state index contributed by atoms with van der Waals surface area (Å²) >= 11 is 0. The van der Waals surface area contributed by atoms with Crippen molar-refractivity contribution in [1.29, 1.82) is 0 Å². The summed E-state index contributed by atoms with van der Waals surface area (Å²) in [4.78, 5) is 10.9. The molecule has 0 aromatic heterocycles. The van der Waals surface area contributed by atoms with Crippen LogP contribution in [0.5, 0.6) is 0 Å². The Morgan fingerprint density at radius 3 is 2.85 bits per heavy atom. The number of carboxylic acid groups (broad SMARTS) is 1. The summed E-state index contributed by atoms with van der Waals surface area (Å²) in [5.74, 6) is -0.828. The lowest BCUT2D eigenvalue weighted by Gasteiger charge is -2.25. The van der Waals surface area contributed by atoms with Crippen LogP contribution in [0.15, 0.2) is 0 Å². The third-order valence-corrected chi connectivity index (χ3v) is 2.67. The van der Waals surface area contributed by atoms with Gasteiger partial charge in [-0.3, -0.25) is 4.79 Å². The van der Waals surface area contributed by atoms with Crippen molar-refractivity contribution in [3.8, 4) is 0 Å². The third kappa shape index (κ3) is 2.42.